The van der Waals surface area contributed by atoms with Crippen molar-refractivity contribution in [2.45, 2.75) is 31.6 Å². The highest BCUT2D eigenvalue weighted by Gasteiger charge is 2.29. The monoisotopic (exact) mass is 378 g/mol. The highest BCUT2D eigenvalue weighted by atomic mass is 16.1. The van der Waals surface area contributed by atoms with E-state index >= 15 is 0 Å². The standard InChI is InChI=1S/C21H22N4O3/c1-24-20-10-16(25-8-6-14(11-26)7-9-25)3-5-18(20)21(23-24)17-4-2-15(12-27)22-19(17)13-28/h3,5,10-11,14,17,22H,2,4,6-9H2,1H3. The van der Waals surface area contributed by atoms with Gasteiger partial charge in [0.25, 0.3) is 0 Å². The van der Waals surface area contributed by atoms with Gasteiger partial charge in [0.2, 0.25) is 0 Å². The molecule has 0 saturated carbocycles. The molecule has 7 heteroatoms. The zero-order valence-electron chi connectivity index (χ0n) is 15.8. The van der Waals surface area contributed by atoms with E-state index < -0.39 is 0 Å². The third-order valence-electron chi connectivity index (χ3n) is 5.84. The van der Waals surface area contributed by atoms with Crippen LogP contribution in [0.25, 0.3) is 10.9 Å². The molecule has 1 unspecified atom stereocenters. The van der Waals surface area contributed by atoms with E-state index in [1.54, 1.807) is 0 Å². The van der Waals surface area contributed by atoms with Crippen LogP contribution in [0.1, 0.15) is 37.3 Å². The van der Waals surface area contributed by atoms with Gasteiger partial charge in [-0.25, -0.2) is 9.59 Å². The van der Waals surface area contributed by atoms with Gasteiger partial charge >= 0.3 is 0 Å². The van der Waals surface area contributed by atoms with Crippen LogP contribution in [0.15, 0.2) is 29.6 Å². The molecule has 4 rings (SSSR count). The van der Waals surface area contributed by atoms with Crippen LogP contribution in [0.2, 0.25) is 0 Å². The van der Waals surface area contributed by atoms with Gasteiger partial charge in [-0.3, -0.25) is 4.68 Å². The molecule has 2 aromatic rings. The summed E-state index contributed by atoms with van der Waals surface area (Å²) in [5, 5.41) is 8.52. The first-order valence-electron chi connectivity index (χ1n) is 9.57. The van der Waals surface area contributed by atoms with Gasteiger partial charge in [0.1, 0.15) is 29.6 Å². The largest absolute Gasteiger partial charge is 0.371 e. The maximum atomic E-state index is 11.4. The van der Waals surface area contributed by atoms with Crippen molar-refractivity contribution in [3.05, 3.63) is 35.3 Å². The maximum absolute atomic E-state index is 11.4. The lowest BCUT2D eigenvalue weighted by Gasteiger charge is -2.31. The van der Waals surface area contributed by atoms with Gasteiger partial charge in [0, 0.05) is 37.1 Å². The average molecular weight is 378 g/mol. The van der Waals surface area contributed by atoms with E-state index in [9.17, 15) is 14.4 Å². The Bertz CT molecular complexity index is 1020. The van der Waals surface area contributed by atoms with Gasteiger partial charge in [-0.05, 0) is 43.9 Å². The molecule has 2 fully saturated rings. The third kappa shape index (κ3) is 3.15. The first kappa shape index (κ1) is 18.2. The van der Waals surface area contributed by atoms with E-state index in [2.05, 4.69) is 27.4 Å². The van der Waals surface area contributed by atoms with Crippen molar-refractivity contribution in [3.8, 4) is 0 Å². The van der Waals surface area contributed by atoms with Gasteiger partial charge in [-0.15, -0.1) is 0 Å². The van der Waals surface area contributed by atoms with Gasteiger partial charge in [-0.1, -0.05) is 0 Å². The number of benzene rings is 1. The van der Waals surface area contributed by atoms with Crippen LogP contribution in [0.3, 0.4) is 0 Å². The van der Waals surface area contributed by atoms with E-state index in [1.165, 1.54) is 0 Å². The fraction of sp³-hybridized carbons (Fsp3) is 0.429. The number of allylic oxidation sites excluding steroid dienone is 2. The Morgan fingerprint density at radius 2 is 1.96 bits per heavy atom. The summed E-state index contributed by atoms with van der Waals surface area (Å²) in [5.74, 6) is 3.72. The number of hydrogen-bond donors (Lipinski definition) is 1. The number of carbonyl (C=O) groups is 1. The zero-order valence-corrected chi connectivity index (χ0v) is 15.8. The Hall–Kier alpha value is -3.14. The van der Waals surface area contributed by atoms with Crippen LogP contribution in [0.4, 0.5) is 5.69 Å². The Kier molecular flexibility index (Phi) is 4.86. The molecule has 2 saturated heterocycles. The second-order valence-corrected chi connectivity index (χ2v) is 7.48. The Morgan fingerprint density at radius 1 is 1.18 bits per heavy atom. The number of rotatable bonds is 3. The molecule has 0 radical (unpaired) electrons. The number of piperidine rings is 2. The van der Waals surface area contributed by atoms with Crippen molar-refractivity contribution in [1.82, 2.24) is 15.1 Å². The van der Waals surface area contributed by atoms with Gasteiger partial charge < -0.3 is 15.0 Å². The van der Waals surface area contributed by atoms with E-state index in [-0.39, 0.29) is 11.8 Å². The van der Waals surface area contributed by atoms with Gasteiger partial charge in [-0.2, -0.15) is 5.10 Å². The number of nitrogens with zero attached hydrogens (tertiary/aromatic N) is 3. The summed E-state index contributed by atoms with van der Waals surface area (Å²) in [6, 6.07) is 6.24. The summed E-state index contributed by atoms with van der Waals surface area (Å²) in [6.45, 7) is 1.73. The summed E-state index contributed by atoms with van der Waals surface area (Å²) < 4.78 is 1.83. The van der Waals surface area contributed by atoms with Crippen molar-refractivity contribution in [3.63, 3.8) is 0 Å². The molecular weight excluding hydrogens is 356 g/mol. The lowest BCUT2D eigenvalue weighted by molar-refractivity contribution is -0.111. The first-order chi connectivity index (χ1) is 13.6. The summed E-state index contributed by atoms with van der Waals surface area (Å²) in [7, 11) is 1.89. The molecule has 3 heterocycles. The predicted octanol–water partition coefficient (Wildman–Crippen LogP) is 1.89. The van der Waals surface area contributed by atoms with Crippen LogP contribution in [-0.4, -0.2) is 41.0 Å². The zero-order chi connectivity index (χ0) is 19.7. The van der Waals surface area contributed by atoms with Crippen molar-refractivity contribution < 1.29 is 14.4 Å². The molecule has 1 atom stereocenters. The molecule has 2 aliphatic heterocycles. The molecule has 0 bridgehead atoms. The van der Waals surface area contributed by atoms with Gasteiger partial charge in [0.15, 0.2) is 0 Å². The lowest BCUT2D eigenvalue weighted by Crippen LogP contribution is -2.34. The molecule has 0 amide bonds. The molecule has 144 valence electrons. The fourth-order valence-electron chi connectivity index (χ4n) is 4.21. The summed E-state index contributed by atoms with van der Waals surface area (Å²) in [6.07, 6.45) is 3.98. The molecule has 0 spiro atoms. The molecule has 1 N–H and O–H groups in total. The van der Waals surface area contributed by atoms with Crippen LogP contribution < -0.4 is 10.2 Å². The molecule has 7 nitrogen and oxygen atoms in total. The normalized spacial score (nSPS) is 20.6. The molecule has 1 aromatic heterocycles. The molecule has 0 aliphatic carbocycles. The van der Waals surface area contributed by atoms with Crippen LogP contribution in [-0.2, 0) is 21.4 Å². The average Bonchev–Trinajstić information content (AvgIpc) is 3.09. The highest BCUT2D eigenvalue weighted by molar-refractivity contribution is 5.86. The van der Waals surface area contributed by atoms with E-state index in [1.807, 2.05) is 29.7 Å². The highest BCUT2D eigenvalue weighted by Crippen LogP contribution is 2.36. The van der Waals surface area contributed by atoms with Crippen LogP contribution in [0.5, 0.6) is 0 Å². The smallest absolute Gasteiger partial charge is 0.146 e. The van der Waals surface area contributed by atoms with Crippen molar-refractivity contribution in [2.24, 2.45) is 13.0 Å². The Labute approximate surface area is 162 Å². The number of carbonyl (C=O) groups excluding carboxylic acids is 3. The lowest BCUT2D eigenvalue weighted by atomic mass is 9.90. The molecule has 2 aliphatic rings. The minimum absolute atomic E-state index is 0.168. The quantitative estimate of drug-likeness (QED) is 0.649. The Morgan fingerprint density at radius 3 is 2.64 bits per heavy atom. The predicted molar refractivity (Wildman–Crippen MR) is 105 cm³/mol. The number of fused-ring (bicyclic) bond motifs is 1. The SMILES string of the molecule is Cn1nc(C2CCC(=C=O)NC2=C=O)c2ccc(N3CCC(C=O)CC3)cc21. The second kappa shape index (κ2) is 7.47. The van der Waals surface area contributed by atoms with E-state index in [0.717, 1.165) is 54.5 Å². The minimum atomic E-state index is -0.215. The number of aromatic nitrogens is 2. The van der Waals surface area contributed by atoms with E-state index in [0.29, 0.717) is 24.2 Å². The second-order valence-electron chi connectivity index (χ2n) is 7.48. The van der Waals surface area contributed by atoms with E-state index in [4.69, 9.17) is 0 Å². The topological polar surface area (TPSA) is 84.3 Å². The van der Waals surface area contributed by atoms with Crippen LogP contribution >= 0.6 is 0 Å². The fourth-order valence-corrected chi connectivity index (χ4v) is 4.21. The van der Waals surface area contributed by atoms with Crippen molar-refractivity contribution in [2.75, 3.05) is 18.0 Å². The number of aldehydes is 1. The number of nitrogens with one attached hydrogen (secondary N) is 1. The molecular formula is C21H22N4O3. The number of aryl methyl sites for hydroxylation is 1. The summed E-state index contributed by atoms with van der Waals surface area (Å²) in [5.41, 5.74) is 3.65. The molecule has 28 heavy (non-hydrogen) atoms. The molecule has 1 aromatic carbocycles. The van der Waals surface area contributed by atoms with Gasteiger partial charge in [0.05, 0.1) is 17.1 Å². The Balaban J connectivity index is 1.66. The van der Waals surface area contributed by atoms with Crippen LogP contribution in [0, 0.1) is 5.92 Å². The number of hydrogen-bond acceptors (Lipinski definition) is 6. The minimum Gasteiger partial charge on any atom is -0.371 e. The van der Waals surface area contributed by atoms with Crippen molar-refractivity contribution in [1.29, 1.82) is 0 Å². The number of anilines is 1. The van der Waals surface area contributed by atoms with Crippen molar-refractivity contribution >= 4 is 34.8 Å². The first-order valence-corrected chi connectivity index (χ1v) is 9.57. The summed E-state index contributed by atoms with van der Waals surface area (Å²) in [4.78, 5) is 35.6. The third-order valence-corrected chi connectivity index (χ3v) is 5.84. The summed E-state index contributed by atoms with van der Waals surface area (Å²) >= 11 is 0. The maximum Gasteiger partial charge on any atom is 0.146 e.